The van der Waals surface area contributed by atoms with Crippen molar-refractivity contribution < 1.29 is 5.11 Å². The van der Waals surface area contributed by atoms with Crippen molar-refractivity contribution in [3.63, 3.8) is 0 Å². The fraction of sp³-hybridized carbons (Fsp3) is 0.625. The van der Waals surface area contributed by atoms with Crippen LogP contribution in [0.25, 0.3) is 0 Å². The predicted octanol–water partition coefficient (Wildman–Crippen LogP) is 1.35. The number of β-amino-alcohol motifs (C(OH)–C–C–N with tert-alkyl or cyclic N) is 1. The number of hydrogen-bond acceptors (Lipinski definition) is 4. The van der Waals surface area contributed by atoms with Gasteiger partial charge in [-0.2, -0.15) is 0 Å². The Morgan fingerprint density at radius 1 is 1.20 bits per heavy atom. The lowest BCUT2D eigenvalue weighted by Gasteiger charge is -2.39. The molecule has 0 spiro atoms. The van der Waals surface area contributed by atoms with Crippen molar-refractivity contribution in [3.8, 4) is 0 Å². The molecule has 0 atom stereocenters. The summed E-state index contributed by atoms with van der Waals surface area (Å²) in [6, 6.07) is 6.34. The topological polar surface area (TPSA) is 52.7 Å². The lowest BCUT2D eigenvalue weighted by molar-refractivity contribution is 0.0345. The van der Waals surface area contributed by atoms with E-state index in [4.69, 9.17) is 5.73 Å². The lowest BCUT2D eigenvalue weighted by atomic mass is 10.1. The zero-order valence-electron chi connectivity index (χ0n) is 12.9. The van der Waals surface area contributed by atoms with Crippen LogP contribution in [0, 0.1) is 6.92 Å². The number of benzene rings is 1. The Hall–Kier alpha value is -1.10. The maximum Gasteiger partial charge on any atom is 0.0718 e. The molecule has 0 bridgehead atoms. The molecule has 1 aliphatic rings. The Morgan fingerprint density at radius 2 is 1.85 bits per heavy atom. The van der Waals surface area contributed by atoms with Gasteiger partial charge in [0.05, 0.1) is 5.60 Å². The summed E-state index contributed by atoms with van der Waals surface area (Å²) in [7, 11) is 0. The Kier molecular flexibility index (Phi) is 4.68. The zero-order valence-corrected chi connectivity index (χ0v) is 12.9. The van der Waals surface area contributed by atoms with E-state index >= 15 is 0 Å². The van der Waals surface area contributed by atoms with E-state index in [2.05, 4.69) is 34.9 Å². The Balaban J connectivity index is 2.04. The largest absolute Gasteiger partial charge is 0.389 e. The quantitative estimate of drug-likeness (QED) is 0.872. The lowest BCUT2D eigenvalue weighted by Crippen LogP contribution is -2.50. The third kappa shape index (κ3) is 3.72. The second kappa shape index (κ2) is 6.12. The van der Waals surface area contributed by atoms with Crippen molar-refractivity contribution in [2.45, 2.75) is 32.9 Å². The third-order valence-electron chi connectivity index (χ3n) is 3.84. The molecule has 0 aromatic heterocycles. The summed E-state index contributed by atoms with van der Waals surface area (Å²) in [5.41, 5.74) is 9.07. The predicted molar refractivity (Wildman–Crippen MR) is 84.0 cm³/mol. The average Bonchev–Trinajstić information content (AvgIpc) is 2.38. The molecule has 4 heteroatoms. The van der Waals surface area contributed by atoms with Gasteiger partial charge in [-0.25, -0.2) is 0 Å². The fourth-order valence-corrected chi connectivity index (χ4v) is 3.01. The molecule has 0 radical (unpaired) electrons. The van der Waals surface area contributed by atoms with Crippen LogP contribution in [0.15, 0.2) is 18.2 Å². The van der Waals surface area contributed by atoms with Gasteiger partial charge in [-0.3, -0.25) is 4.90 Å². The van der Waals surface area contributed by atoms with Crippen molar-refractivity contribution >= 4 is 5.69 Å². The first-order chi connectivity index (χ1) is 9.40. The van der Waals surface area contributed by atoms with Crippen LogP contribution in [-0.4, -0.2) is 48.3 Å². The summed E-state index contributed by atoms with van der Waals surface area (Å²) < 4.78 is 0. The second-order valence-electron chi connectivity index (χ2n) is 6.36. The number of nitrogens with two attached hydrogens (primary N) is 1. The first-order valence-corrected chi connectivity index (χ1v) is 7.39. The molecule has 4 nitrogen and oxygen atoms in total. The van der Waals surface area contributed by atoms with E-state index in [0.717, 1.165) is 32.7 Å². The molecule has 0 aliphatic carbocycles. The van der Waals surface area contributed by atoms with Gasteiger partial charge in [0.15, 0.2) is 0 Å². The van der Waals surface area contributed by atoms with Crippen LogP contribution >= 0.6 is 0 Å². The summed E-state index contributed by atoms with van der Waals surface area (Å²) in [6.45, 7) is 11.2. The summed E-state index contributed by atoms with van der Waals surface area (Å²) in [5, 5.41) is 9.91. The fourth-order valence-electron chi connectivity index (χ4n) is 3.01. The molecule has 1 aliphatic heterocycles. The van der Waals surface area contributed by atoms with Crippen LogP contribution in [0.1, 0.15) is 25.0 Å². The third-order valence-corrected chi connectivity index (χ3v) is 3.84. The first kappa shape index (κ1) is 15.3. The van der Waals surface area contributed by atoms with Crippen LogP contribution in [0.4, 0.5) is 5.69 Å². The van der Waals surface area contributed by atoms with Gasteiger partial charge in [0, 0.05) is 45.0 Å². The molecule has 0 amide bonds. The number of rotatable bonds is 4. The monoisotopic (exact) mass is 277 g/mol. The van der Waals surface area contributed by atoms with Gasteiger partial charge in [0.25, 0.3) is 0 Å². The Labute approximate surface area is 122 Å². The van der Waals surface area contributed by atoms with Gasteiger partial charge >= 0.3 is 0 Å². The van der Waals surface area contributed by atoms with Crippen LogP contribution in [-0.2, 0) is 6.54 Å². The number of nitrogens with zero attached hydrogens (tertiary/aromatic N) is 2. The number of anilines is 1. The highest BCUT2D eigenvalue weighted by Gasteiger charge is 2.24. The standard InChI is InChI=1S/C16H27N3O/c1-13-5-4-6-14(11-17)15(13)19-9-7-18(8-10-19)12-16(2,3)20/h4-6,20H,7-12,17H2,1-3H3. The van der Waals surface area contributed by atoms with Gasteiger partial charge in [0.1, 0.15) is 0 Å². The highest BCUT2D eigenvalue weighted by atomic mass is 16.3. The number of para-hydroxylation sites is 1. The van der Waals surface area contributed by atoms with E-state index in [0.29, 0.717) is 6.54 Å². The smallest absolute Gasteiger partial charge is 0.0718 e. The maximum absolute atomic E-state index is 9.91. The Bertz CT molecular complexity index is 446. The van der Waals surface area contributed by atoms with Gasteiger partial charge in [-0.1, -0.05) is 18.2 Å². The molecule has 112 valence electrons. The van der Waals surface area contributed by atoms with Gasteiger partial charge in [-0.05, 0) is 31.9 Å². The summed E-state index contributed by atoms with van der Waals surface area (Å²) >= 11 is 0. The summed E-state index contributed by atoms with van der Waals surface area (Å²) in [6.07, 6.45) is 0. The Morgan fingerprint density at radius 3 is 2.40 bits per heavy atom. The SMILES string of the molecule is Cc1cccc(CN)c1N1CCN(CC(C)(C)O)CC1. The van der Waals surface area contributed by atoms with E-state index in [-0.39, 0.29) is 0 Å². The summed E-state index contributed by atoms with van der Waals surface area (Å²) in [5.74, 6) is 0. The molecule has 1 heterocycles. The van der Waals surface area contributed by atoms with E-state index in [9.17, 15) is 5.11 Å². The molecule has 2 rings (SSSR count). The van der Waals surface area contributed by atoms with E-state index in [1.807, 2.05) is 13.8 Å². The number of piperazine rings is 1. The molecule has 1 aromatic rings. The molecule has 0 saturated carbocycles. The van der Waals surface area contributed by atoms with E-state index in [1.165, 1.54) is 16.8 Å². The van der Waals surface area contributed by atoms with Crippen molar-refractivity contribution in [1.29, 1.82) is 0 Å². The van der Waals surface area contributed by atoms with Crippen LogP contribution < -0.4 is 10.6 Å². The molecule has 1 fully saturated rings. The van der Waals surface area contributed by atoms with Crippen LogP contribution in [0.3, 0.4) is 0 Å². The molecule has 1 aromatic carbocycles. The van der Waals surface area contributed by atoms with Gasteiger partial charge in [0.2, 0.25) is 0 Å². The minimum Gasteiger partial charge on any atom is -0.389 e. The van der Waals surface area contributed by atoms with Gasteiger partial charge in [-0.15, -0.1) is 0 Å². The molecule has 1 saturated heterocycles. The molecular formula is C16H27N3O. The zero-order chi connectivity index (χ0) is 14.8. The molecular weight excluding hydrogens is 250 g/mol. The minimum absolute atomic E-state index is 0.584. The second-order valence-corrected chi connectivity index (χ2v) is 6.36. The van der Waals surface area contributed by atoms with Crippen molar-refractivity contribution in [2.75, 3.05) is 37.6 Å². The van der Waals surface area contributed by atoms with Crippen molar-refractivity contribution in [1.82, 2.24) is 4.90 Å². The highest BCUT2D eigenvalue weighted by Crippen LogP contribution is 2.26. The number of hydrogen-bond donors (Lipinski definition) is 2. The first-order valence-electron chi connectivity index (χ1n) is 7.39. The van der Waals surface area contributed by atoms with Gasteiger partial charge < -0.3 is 15.7 Å². The highest BCUT2D eigenvalue weighted by molar-refractivity contribution is 5.59. The maximum atomic E-state index is 9.91. The average molecular weight is 277 g/mol. The number of aliphatic hydroxyl groups is 1. The van der Waals surface area contributed by atoms with Crippen molar-refractivity contribution in [3.05, 3.63) is 29.3 Å². The summed E-state index contributed by atoms with van der Waals surface area (Å²) in [4.78, 5) is 4.76. The molecule has 0 unspecified atom stereocenters. The van der Waals surface area contributed by atoms with Crippen LogP contribution in [0.2, 0.25) is 0 Å². The molecule has 3 N–H and O–H groups in total. The minimum atomic E-state index is -0.618. The van der Waals surface area contributed by atoms with Crippen LogP contribution in [0.5, 0.6) is 0 Å². The number of aryl methyl sites for hydroxylation is 1. The van der Waals surface area contributed by atoms with E-state index < -0.39 is 5.60 Å². The molecule has 20 heavy (non-hydrogen) atoms. The van der Waals surface area contributed by atoms with E-state index in [1.54, 1.807) is 0 Å². The van der Waals surface area contributed by atoms with Crippen molar-refractivity contribution in [2.24, 2.45) is 5.73 Å². The normalized spacial score (nSPS) is 17.6.